The lowest BCUT2D eigenvalue weighted by Crippen LogP contribution is -2.50. The van der Waals surface area contributed by atoms with Crippen molar-refractivity contribution >= 4 is 15.9 Å². The molecule has 1 heterocycles. The van der Waals surface area contributed by atoms with Crippen LogP contribution in [0.15, 0.2) is 53.4 Å². The summed E-state index contributed by atoms with van der Waals surface area (Å²) in [6.45, 7) is 3.60. The third kappa shape index (κ3) is 5.55. The van der Waals surface area contributed by atoms with Crippen molar-refractivity contribution < 1.29 is 22.3 Å². The molecule has 1 amide bonds. The van der Waals surface area contributed by atoms with Crippen LogP contribution in [0.2, 0.25) is 0 Å². The molecule has 29 heavy (non-hydrogen) atoms. The van der Waals surface area contributed by atoms with E-state index in [0.717, 1.165) is 23.4 Å². The van der Waals surface area contributed by atoms with E-state index in [-0.39, 0.29) is 23.9 Å². The average molecular weight is 421 g/mol. The van der Waals surface area contributed by atoms with E-state index in [0.29, 0.717) is 32.5 Å². The normalized spacial score (nSPS) is 15.3. The fraction of sp³-hybridized carbons (Fsp3) is 0.381. The third-order valence-electron chi connectivity index (χ3n) is 4.87. The van der Waals surface area contributed by atoms with Crippen LogP contribution in [0, 0.1) is 12.7 Å². The Morgan fingerprint density at radius 2 is 1.62 bits per heavy atom. The van der Waals surface area contributed by atoms with E-state index in [1.807, 2.05) is 31.2 Å². The Morgan fingerprint density at radius 3 is 2.24 bits per heavy atom. The molecule has 0 N–H and O–H groups in total. The van der Waals surface area contributed by atoms with Crippen LogP contribution in [-0.2, 0) is 14.8 Å². The van der Waals surface area contributed by atoms with Crippen molar-refractivity contribution in [3.63, 3.8) is 0 Å². The molecule has 0 aliphatic carbocycles. The van der Waals surface area contributed by atoms with Gasteiger partial charge in [0.2, 0.25) is 15.9 Å². The summed E-state index contributed by atoms with van der Waals surface area (Å²) in [6.07, 6.45) is 0.956. The fourth-order valence-corrected chi connectivity index (χ4v) is 4.56. The van der Waals surface area contributed by atoms with E-state index in [2.05, 4.69) is 0 Å². The van der Waals surface area contributed by atoms with E-state index >= 15 is 0 Å². The molecule has 3 rings (SSSR count). The van der Waals surface area contributed by atoms with E-state index in [9.17, 15) is 17.6 Å². The van der Waals surface area contributed by atoms with E-state index in [1.165, 1.54) is 16.4 Å². The second-order valence-corrected chi connectivity index (χ2v) is 8.94. The highest BCUT2D eigenvalue weighted by Gasteiger charge is 2.29. The highest BCUT2D eigenvalue weighted by Crippen LogP contribution is 2.18. The Hall–Kier alpha value is -2.45. The standard InChI is InChI=1S/C21H25FN2O4S/c1-17-4-8-19(9-5-17)28-16-2-3-21(25)23-12-14-24(15-13-23)29(26,27)20-10-6-18(22)7-11-20/h4-11H,2-3,12-16H2,1H3. The number of amides is 1. The van der Waals surface area contributed by atoms with E-state index in [4.69, 9.17) is 4.74 Å². The number of hydrogen-bond acceptors (Lipinski definition) is 4. The van der Waals surface area contributed by atoms with Crippen LogP contribution < -0.4 is 4.74 Å². The number of carbonyl (C=O) groups is 1. The number of rotatable bonds is 7. The van der Waals surface area contributed by atoms with Crippen molar-refractivity contribution in [1.82, 2.24) is 9.21 Å². The first kappa shape index (κ1) is 21.3. The molecule has 156 valence electrons. The smallest absolute Gasteiger partial charge is 0.243 e. The zero-order valence-electron chi connectivity index (χ0n) is 16.4. The minimum atomic E-state index is -3.67. The van der Waals surface area contributed by atoms with Gasteiger partial charge in [0.1, 0.15) is 11.6 Å². The largest absolute Gasteiger partial charge is 0.494 e. The summed E-state index contributed by atoms with van der Waals surface area (Å²) < 4.78 is 45.3. The Labute approximate surface area is 170 Å². The van der Waals surface area contributed by atoms with Gasteiger partial charge < -0.3 is 9.64 Å². The van der Waals surface area contributed by atoms with Crippen LogP contribution in [0.1, 0.15) is 18.4 Å². The molecule has 1 aliphatic rings. The van der Waals surface area contributed by atoms with Gasteiger partial charge in [-0.25, -0.2) is 12.8 Å². The van der Waals surface area contributed by atoms with Crippen molar-refractivity contribution in [2.24, 2.45) is 0 Å². The summed E-state index contributed by atoms with van der Waals surface area (Å²) in [5, 5.41) is 0. The number of halogens is 1. The molecule has 0 saturated carbocycles. The van der Waals surface area contributed by atoms with E-state index in [1.54, 1.807) is 4.90 Å². The molecule has 0 radical (unpaired) electrons. The fourth-order valence-electron chi connectivity index (χ4n) is 3.14. The molecule has 1 saturated heterocycles. The number of ether oxygens (including phenoxy) is 1. The molecule has 6 nitrogen and oxygen atoms in total. The zero-order valence-corrected chi connectivity index (χ0v) is 17.2. The topological polar surface area (TPSA) is 66.9 Å². The molecule has 1 fully saturated rings. The molecule has 0 unspecified atom stereocenters. The second kappa shape index (κ2) is 9.37. The number of nitrogens with zero attached hydrogens (tertiary/aromatic N) is 2. The van der Waals surface area contributed by atoms with Gasteiger partial charge in [-0.2, -0.15) is 4.31 Å². The summed E-state index contributed by atoms with van der Waals surface area (Å²) in [5.41, 5.74) is 1.16. The molecule has 0 atom stereocenters. The lowest BCUT2D eigenvalue weighted by molar-refractivity contribution is -0.132. The zero-order chi connectivity index (χ0) is 20.9. The first-order valence-corrected chi connectivity index (χ1v) is 11.0. The van der Waals surface area contributed by atoms with Crippen LogP contribution in [0.4, 0.5) is 4.39 Å². The third-order valence-corrected chi connectivity index (χ3v) is 6.78. The predicted molar refractivity (Wildman–Crippen MR) is 108 cm³/mol. The summed E-state index contributed by atoms with van der Waals surface area (Å²) >= 11 is 0. The van der Waals surface area contributed by atoms with Crippen molar-refractivity contribution in [3.8, 4) is 5.75 Å². The highest BCUT2D eigenvalue weighted by molar-refractivity contribution is 7.89. The van der Waals surface area contributed by atoms with Gasteiger partial charge in [-0.3, -0.25) is 4.79 Å². The van der Waals surface area contributed by atoms with Crippen molar-refractivity contribution in [2.45, 2.75) is 24.7 Å². The highest BCUT2D eigenvalue weighted by atomic mass is 32.2. The Balaban J connectivity index is 1.43. The molecule has 2 aromatic rings. The molecule has 1 aliphatic heterocycles. The first-order valence-electron chi connectivity index (χ1n) is 9.59. The molecule has 0 spiro atoms. The molecule has 8 heteroatoms. The number of benzene rings is 2. The number of sulfonamides is 1. The molecule has 0 bridgehead atoms. The lowest BCUT2D eigenvalue weighted by atomic mass is 10.2. The van der Waals surface area contributed by atoms with Gasteiger partial charge in [0.05, 0.1) is 11.5 Å². The van der Waals surface area contributed by atoms with Crippen LogP contribution in [0.25, 0.3) is 0 Å². The number of piperazine rings is 1. The van der Waals surface area contributed by atoms with Gasteiger partial charge in [0.15, 0.2) is 0 Å². The summed E-state index contributed by atoms with van der Waals surface area (Å²) in [6, 6.07) is 12.5. The quantitative estimate of drug-likeness (QED) is 0.646. The van der Waals surface area contributed by atoms with Gasteiger partial charge in [0.25, 0.3) is 0 Å². The van der Waals surface area contributed by atoms with Crippen molar-refractivity contribution in [1.29, 1.82) is 0 Å². The van der Waals surface area contributed by atoms with Gasteiger partial charge >= 0.3 is 0 Å². The van der Waals surface area contributed by atoms with Gasteiger partial charge in [-0.05, 0) is 49.7 Å². The van der Waals surface area contributed by atoms with Gasteiger partial charge in [0, 0.05) is 32.6 Å². The Bertz CT molecular complexity index is 922. The lowest BCUT2D eigenvalue weighted by Gasteiger charge is -2.34. The minimum Gasteiger partial charge on any atom is -0.494 e. The summed E-state index contributed by atoms with van der Waals surface area (Å²) in [7, 11) is -3.67. The second-order valence-electron chi connectivity index (χ2n) is 7.00. The molecular formula is C21H25FN2O4S. The van der Waals surface area contributed by atoms with E-state index < -0.39 is 15.8 Å². The molecule has 2 aromatic carbocycles. The Kier molecular flexibility index (Phi) is 6.87. The number of carbonyl (C=O) groups excluding carboxylic acids is 1. The number of aryl methyl sites for hydroxylation is 1. The predicted octanol–water partition coefficient (Wildman–Crippen LogP) is 2.83. The monoisotopic (exact) mass is 420 g/mol. The summed E-state index contributed by atoms with van der Waals surface area (Å²) in [4.78, 5) is 14.1. The molecule has 0 aromatic heterocycles. The average Bonchev–Trinajstić information content (AvgIpc) is 2.73. The maximum absolute atomic E-state index is 13.0. The van der Waals surface area contributed by atoms with Crippen LogP contribution in [0.3, 0.4) is 0 Å². The molecular weight excluding hydrogens is 395 g/mol. The minimum absolute atomic E-state index is 0.00339. The SMILES string of the molecule is Cc1ccc(OCCCC(=O)N2CCN(S(=O)(=O)c3ccc(F)cc3)CC2)cc1. The Morgan fingerprint density at radius 1 is 1.00 bits per heavy atom. The first-order chi connectivity index (χ1) is 13.9. The maximum atomic E-state index is 13.0. The van der Waals surface area contributed by atoms with Gasteiger partial charge in [-0.15, -0.1) is 0 Å². The van der Waals surface area contributed by atoms with Crippen LogP contribution >= 0.6 is 0 Å². The maximum Gasteiger partial charge on any atom is 0.243 e. The summed E-state index contributed by atoms with van der Waals surface area (Å²) in [5.74, 6) is 0.296. The number of hydrogen-bond donors (Lipinski definition) is 0. The van der Waals surface area contributed by atoms with Crippen molar-refractivity contribution in [3.05, 3.63) is 59.9 Å². The van der Waals surface area contributed by atoms with Crippen molar-refractivity contribution in [2.75, 3.05) is 32.8 Å². The van der Waals surface area contributed by atoms with Crippen LogP contribution in [-0.4, -0.2) is 56.3 Å². The van der Waals surface area contributed by atoms with Gasteiger partial charge in [-0.1, -0.05) is 17.7 Å². The van der Waals surface area contributed by atoms with Crippen LogP contribution in [0.5, 0.6) is 5.75 Å².